The van der Waals surface area contributed by atoms with E-state index >= 15 is 0 Å². The third-order valence-corrected chi connectivity index (χ3v) is 2.50. The van der Waals surface area contributed by atoms with Gasteiger partial charge < -0.3 is 25.0 Å². The fourth-order valence-corrected chi connectivity index (χ4v) is 1.66. The van der Waals surface area contributed by atoms with Crippen LogP contribution in [0, 0.1) is 0 Å². The van der Waals surface area contributed by atoms with Crippen LogP contribution in [0.3, 0.4) is 0 Å². The van der Waals surface area contributed by atoms with E-state index in [4.69, 9.17) is 9.84 Å². The summed E-state index contributed by atoms with van der Waals surface area (Å²) in [5.74, 6) is 0.134. The Morgan fingerprint density at radius 2 is 2.19 bits per heavy atom. The molecule has 1 fully saturated rings. The molecule has 0 spiro atoms. The van der Waals surface area contributed by atoms with Crippen molar-refractivity contribution in [2.45, 2.75) is 24.4 Å². The summed E-state index contributed by atoms with van der Waals surface area (Å²) >= 11 is 0. The fraction of sp³-hybridized carbons (Fsp3) is 0.556. The van der Waals surface area contributed by atoms with Crippen LogP contribution in [0.2, 0.25) is 0 Å². The van der Waals surface area contributed by atoms with Crippen LogP contribution < -0.4 is 5.56 Å². The predicted octanol–water partition coefficient (Wildman–Crippen LogP) is -2.08. The monoisotopic (exact) mass is 228 g/mol. The molecule has 2 rings (SSSR count). The van der Waals surface area contributed by atoms with Gasteiger partial charge in [-0.1, -0.05) is 0 Å². The fourth-order valence-electron chi connectivity index (χ4n) is 1.66. The molecule has 0 radical (unpaired) electrons. The summed E-state index contributed by atoms with van der Waals surface area (Å²) in [7, 11) is 0. The van der Waals surface area contributed by atoms with Gasteiger partial charge in [-0.3, -0.25) is 4.79 Å². The number of aliphatic hydroxyl groups is 3. The molecule has 0 amide bonds. The zero-order valence-electron chi connectivity index (χ0n) is 8.28. The first-order valence-corrected chi connectivity index (χ1v) is 4.81. The van der Waals surface area contributed by atoms with Crippen molar-refractivity contribution in [1.82, 2.24) is 9.97 Å². The van der Waals surface area contributed by atoms with E-state index in [1.807, 2.05) is 0 Å². The first-order chi connectivity index (χ1) is 7.63. The summed E-state index contributed by atoms with van der Waals surface area (Å²) in [5.41, 5.74) is -0.372. The van der Waals surface area contributed by atoms with Crippen LogP contribution in [0.5, 0.6) is 0 Å². The normalized spacial score (nSPS) is 34.2. The lowest BCUT2D eigenvalue weighted by Crippen LogP contribution is -2.32. The maximum Gasteiger partial charge on any atom is 0.250 e. The highest BCUT2D eigenvalue weighted by Gasteiger charge is 2.44. The lowest BCUT2D eigenvalue weighted by atomic mass is 10.1. The number of hydrogen-bond donors (Lipinski definition) is 4. The van der Waals surface area contributed by atoms with Gasteiger partial charge >= 0.3 is 0 Å². The molecule has 1 aromatic rings. The molecule has 4 N–H and O–H groups in total. The van der Waals surface area contributed by atoms with E-state index in [1.165, 1.54) is 12.3 Å². The van der Waals surface area contributed by atoms with E-state index in [1.54, 1.807) is 0 Å². The smallest absolute Gasteiger partial charge is 0.250 e. The zero-order valence-corrected chi connectivity index (χ0v) is 8.28. The first kappa shape index (κ1) is 11.2. The number of aromatic amines is 1. The minimum absolute atomic E-state index is 0.134. The summed E-state index contributed by atoms with van der Waals surface area (Å²) in [6.45, 7) is -0.411. The largest absolute Gasteiger partial charge is 0.394 e. The Kier molecular flexibility index (Phi) is 3.01. The molecular formula is C9H12N2O5. The number of rotatable bonds is 2. The molecule has 0 aromatic carbocycles. The maximum atomic E-state index is 11.0. The second-order valence-electron chi connectivity index (χ2n) is 3.58. The van der Waals surface area contributed by atoms with Gasteiger partial charge in [-0.15, -0.1) is 0 Å². The van der Waals surface area contributed by atoms with Crippen LogP contribution in [0.15, 0.2) is 17.1 Å². The maximum absolute atomic E-state index is 11.0. The van der Waals surface area contributed by atoms with Crippen LogP contribution in [-0.2, 0) is 4.74 Å². The van der Waals surface area contributed by atoms with Crippen molar-refractivity contribution in [3.63, 3.8) is 0 Å². The third kappa shape index (κ3) is 1.85. The minimum atomic E-state index is -1.22. The molecule has 0 bridgehead atoms. The number of ether oxygens (including phenoxy) is 1. The number of aromatic nitrogens is 2. The van der Waals surface area contributed by atoms with Crippen LogP contribution in [0.1, 0.15) is 11.9 Å². The SMILES string of the molecule is O=c1ccnc(C2O[C@H](CO)[C@@H](O)[C@H]2O)[nH]1. The van der Waals surface area contributed by atoms with E-state index in [9.17, 15) is 15.0 Å². The van der Waals surface area contributed by atoms with Gasteiger partial charge in [-0.2, -0.15) is 0 Å². The van der Waals surface area contributed by atoms with E-state index in [-0.39, 0.29) is 11.4 Å². The van der Waals surface area contributed by atoms with Crippen LogP contribution >= 0.6 is 0 Å². The Morgan fingerprint density at radius 1 is 1.44 bits per heavy atom. The van der Waals surface area contributed by atoms with Crippen molar-refractivity contribution in [3.8, 4) is 0 Å². The van der Waals surface area contributed by atoms with Crippen molar-refractivity contribution in [2.24, 2.45) is 0 Å². The van der Waals surface area contributed by atoms with Gasteiger partial charge in [0.05, 0.1) is 6.61 Å². The standard InChI is InChI=1S/C9H12N2O5/c12-3-4-6(14)7(15)8(16-4)9-10-2-1-5(13)11-9/h1-2,4,6-8,12,14-15H,3H2,(H,10,11,13)/t4-,6-,7-,8?/m1/s1. The van der Waals surface area contributed by atoms with E-state index in [0.717, 1.165) is 0 Å². The molecule has 1 aromatic heterocycles. The first-order valence-electron chi connectivity index (χ1n) is 4.81. The van der Waals surface area contributed by atoms with Crippen molar-refractivity contribution < 1.29 is 20.1 Å². The second kappa shape index (κ2) is 4.30. The summed E-state index contributed by atoms with van der Waals surface area (Å²) in [6.07, 6.45) is -2.93. The summed E-state index contributed by atoms with van der Waals surface area (Å²) < 4.78 is 5.19. The molecule has 88 valence electrons. The minimum Gasteiger partial charge on any atom is -0.394 e. The number of H-pyrrole nitrogens is 1. The lowest BCUT2D eigenvalue weighted by molar-refractivity contribution is -0.0253. The molecule has 4 atom stereocenters. The molecule has 7 nitrogen and oxygen atoms in total. The Bertz CT molecular complexity index is 420. The molecule has 1 aliphatic rings. The Hall–Kier alpha value is -1.28. The van der Waals surface area contributed by atoms with Crippen LogP contribution in [0.25, 0.3) is 0 Å². The predicted molar refractivity (Wildman–Crippen MR) is 51.6 cm³/mol. The third-order valence-electron chi connectivity index (χ3n) is 2.50. The molecule has 0 aliphatic carbocycles. The number of nitrogens with one attached hydrogen (secondary N) is 1. The van der Waals surface area contributed by atoms with Gasteiger partial charge in [0.15, 0.2) is 0 Å². The van der Waals surface area contributed by atoms with Crippen molar-refractivity contribution in [1.29, 1.82) is 0 Å². The molecular weight excluding hydrogens is 216 g/mol. The average molecular weight is 228 g/mol. The molecule has 16 heavy (non-hydrogen) atoms. The second-order valence-corrected chi connectivity index (χ2v) is 3.58. The van der Waals surface area contributed by atoms with Crippen molar-refractivity contribution in [2.75, 3.05) is 6.61 Å². The van der Waals surface area contributed by atoms with Gasteiger partial charge in [0.25, 0.3) is 5.56 Å². The van der Waals surface area contributed by atoms with Crippen LogP contribution in [-0.4, -0.2) is 50.2 Å². The Labute approximate surface area is 90.3 Å². The quantitative estimate of drug-likeness (QED) is 0.462. The topological polar surface area (TPSA) is 116 Å². The molecule has 1 aliphatic heterocycles. The molecule has 2 heterocycles. The van der Waals surface area contributed by atoms with Crippen LogP contribution in [0.4, 0.5) is 0 Å². The molecule has 1 saturated heterocycles. The van der Waals surface area contributed by atoms with E-state index < -0.39 is 31.0 Å². The lowest BCUT2D eigenvalue weighted by Gasteiger charge is -2.12. The van der Waals surface area contributed by atoms with Crippen molar-refractivity contribution in [3.05, 3.63) is 28.4 Å². The van der Waals surface area contributed by atoms with Gasteiger partial charge in [-0.05, 0) is 0 Å². The molecule has 0 saturated carbocycles. The highest BCUT2D eigenvalue weighted by Crippen LogP contribution is 2.30. The Balaban J connectivity index is 2.26. The number of aliphatic hydroxyl groups excluding tert-OH is 3. The summed E-state index contributed by atoms with van der Waals surface area (Å²) in [4.78, 5) is 17.3. The summed E-state index contributed by atoms with van der Waals surface area (Å²) in [5, 5.41) is 28.0. The Morgan fingerprint density at radius 3 is 2.75 bits per heavy atom. The van der Waals surface area contributed by atoms with Gasteiger partial charge in [0.2, 0.25) is 0 Å². The summed E-state index contributed by atoms with van der Waals surface area (Å²) in [6, 6.07) is 1.23. The number of hydrogen-bond acceptors (Lipinski definition) is 6. The van der Waals surface area contributed by atoms with Crippen molar-refractivity contribution >= 4 is 0 Å². The highest BCUT2D eigenvalue weighted by atomic mass is 16.6. The number of nitrogens with zero attached hydrogens (tertiary/aromatic N) is 1. The van der Waals surface area contributed by atoms with Gasteiger partial charge in [0.1, 0.15) is 30.2 Å². The molecule has 7 heteroatoms. The van der Waals surface area contributed by atoms with Gasteiger partial charge in [0, 0.05) is 12.3 Å². The molecule has 1 unspecified atom stereocenters. The van der Waals surface area contributed by atoms with E-state index in [2.05, 4.69) is 9.97 Å². The van der Waals surface area contributed by atoms with Gasteiger partial charge in [-0.25, -0.2) is 4.98 Å². The average Bonchev–Trinajstić information content (AvgIpc) is 2.56. The zero-order chi connectivity index (χ0) is 11.7. The van der Waals surface area contributed by atoms with E-state index in [0.29, 0.717) is 0 Å². The highest BCUT2D eigenvalue weighted by molar-refractivity contribution is 5.03.